The minimum Gasteiger partial charge on any atom is -0.350 e. The summed E-state index contributed by atoms with van der Waals surface area (Å²) >= 11 is 9.68. The van der Waals surface area contributed by atoms with E-state index in [0.29, 0.717) is 16.3 Å². The second-order valence-corrected chi connectivity index (χ2v) is 15.1. The fourth-order valence-corrected chi connectivity index (χ4v) is 6.92. The predicted molar refractivity (Wildman–Crippen MR) is 184 cm³/mol. The Morgan fingerprint density at radius 2 is 1.47 bits per heavy atom. The van der Waals surface area contributed by atoms with E-state index in [-0.39, 0.29) is 23.8 Å². The molecule has 0 aromatic heterocycles. The summed E-state index contributed by atoms with van der Waals surface area (Å²) < 4.78 is 30.3. The van der Waals surface area contributed by atoms with E-state index in [4.69, 9.17) is 11.6 Å². The van der Waals surface area contributed by atoms with E-state index in [1.807, 2.05) is 75.4 Å². The Bertz CT molecular complexity index is 1730. The Labute approximate surface area is 279 Å². The molecule has 0 radical (unpaired) electrons. The zero-order valence-corrected chi connectivity index (χ0v) is 28.9. The van der Waals surface area contributed by atoms with Gasteiger partial charge in [-0.15, -0.1) is 0 Å². The van der Waals surface area contributed by atoms with Crippen LogP contribution < -0.4 is 9.62 Å². The molecule has 45 heavy (non-hydrogen) atoms. The molecule has 0 bridgehead atoms. The summed E-state index contributed by atoms with van der Waals surface area (Å²) in [5, 5.41) is 3.48. The summed E-state index contributed by atoms with van der Waals surface area (Å²) in [4.78, 5) is 30.0. The van der Waals surface area contributed by atoms with Gasteiger partial charge < -0.3 is 10.2 Å². The number of nitrogens with one attached hydrogen (secondary N) is 1. The van der Waals surface area contributed by atoms with E-state index in [1.54, 1.807) is 43.3 Å². The number of amides is 2. The predicted octanol–water partition coefficient (Wildman–Crippen LogP) is 7.16. The number of rotatable bonds is 11. The average Bonchev–Trinajstić information content (AvgIpc) is 2.99. The van der Waals surface area contributed by atoms with Crippen LogP contribution in [0.4, 0.5) is 5.69 Å². The molecule has 0 fully saturated rings. The number of hydrogen-bond donors (Lipinski definition) is 1. The van der Waals surface area contributed by atoms with Crippen molar-refractivity contribution in [3.63, 3.8) is 0 Å². The maximum absolute atomic E-state index is 14.6. The number of anilines is 1. The summed E-state index contributed by atoms with van der Waals surface area (Å²) in [6, 6.07) is 28.8. The summed E-state index contributed by atoms with van der Waals surface area (Å²) in [5.41, 5.74) is 1.98. The molecule has 1 N–H and O–H groups in total. The third-order valence-corrected chi connectivity index (χ3v) is 9.61. The van der Waals surface area contributed by atoms with Crippen molar-refractivity contribution in [1.82, 2.24) is 10.2 Å². The zero-order chi connectivity index (χ0) is 32.8. The first-order valence-electron chi connectivity index (χ1n) is 14.5. The van der Waals surface area contributed by atoms with Gasteiger partial charge in [-0.25, -0.2) is 8.42 Å². The van der Waals surface area contributed by atoms with Crippen LogP contribution in [-0.2, 0) is 32.6 Å². The van der Waals surface area contributed by atoms with Gasteiger partial charge >= 0.3 is 0 Å². The van der Waals surface area contributed by atoms with Crippen LogP contribution in [0.1, 0.15) is 37.5 Å². The van der Waals surface area contributed by atoms with Crippen molar-refractivity contribution in [3.8, 4) is 0 Å². The minimum absolute atomic E-state index is 0.0397. The maximum atomic E-state index is 14.6. The van der Waals surface area contributed by atoms with E-state index in [1.165, 1.54) is 17.0 Å². The molecular weight excluding hydrogens is 674 g/mol. The van der Waals surface area contributed by atoms with Gasteiger partial charge in [0.05, 0.1) is 10.6 Å². The molecule has 0 aliphatic heterocycles. The lowest BCUT2D eigenvalue weighted by atomic mass is 10.0. The Balaban J connectivity index is 1.83. The Morgan fingerprint density at radius 1 is 0.867 bits per heavy atom. The highest BCUT2D eigenvalue weighted by Gasteiger charge is 2.36. The highest BCUT2D eigenvalue weighted by Crippen LogP contribution is 2.30. The molecule has 0 aliphatic rings. The van der Waals surface area contributed by atoms with Crippen LogP contribution in [0.2, 0.25) is 5.02 Å². The fraction of sp³-hybridized carbons (Fsp3) is 0.257. The zero-order valence-electron chi connectivity index (χ0n) is 25.7. The van der Waals surface area contributed by atoms with E-state index in [9.17, 15) is 18.0 Å². The van der Waals surface area contributed by atoms with Crippen LogP contribution in [-0.4, -0.2) is 43.3 Å². The summed E-state index contributed by atoms with van der Waals surface area (Å²) in [6.45, 7) is 6.92. The van der Waals surface area contributed by atoms with Gasteiger partial charge in [0, 0.05) is 28.0 Å². The van der Waals surface area contributed by atoms with Crippen molar-refractivity contribution in [2.45, 2.75) is 57.1 Å². The smallest absolute Gasteiger partial charge is 0.264 e. The Morgan fingerprint density at radius 3 is 2.04 bits per heavy atom. The van der Waals surface area contributed by atoms with Crippen molar-refractivity contribution in [3.05, 3.63) is 129 Å². The highest BCUT2D eigenvalue weighted by molar-refractivity contribution is 9.10. The van der Waals surface area contributed by atoms with E-state index < -0.39 is 34.1 Å². The Kier molecular flexibility index (Phi) is 11.1. The number of benzene rings is 4. The first kappa shape index (κ1) is 34.2. The first-order chi connectivity index (χ1) is 21.2. The summed E-state index contributed by atoms with van der Waals surface area (Å²) in [6.07, 6.45) is 0.233. The lowest BCUT2D eigenvalue weighted by Gasteiger charge is -2.35. The number of aryl methyl sites for hydroxylation is 1. The van der Waals surface area contributed by atoms with Gasteiger partial charge in [0.15, 0.2) is 0 Å². The Hall–Kier alpha value is -3.66. The highest BCUT2D eigenvalue weighted by atomic mass is 79.9. The van der Waals surface area contributed by atoms with Crippen LogP contribution >= 0.6 is 27.5 Å². The average molecular weight is 711 g/mol. The molecule has 0 aliphatic carbocycles. The summed E-state index contributed by atoms with van der Waals surface area (Å²) in [7, 11) is -4.19. The third-order valence-electron chi connectivity index (χ3n) is 7.07. The number of carbonyl (C=O) groups excluding carboxylic acids is 2. The molecule has 0 saturated heterocycles. The van der Waals surface area contributed by atoms with Gasteiger partial charge in [-0.1, -0.05) is 88.2 Å². The molecule has 4 rings (SSSR count). The van der Waals surface area contributed by atoms with Gasteiger partial charge in [0.2, 0.25) is 11.8 Å². The molecule has 0 unspecified atom stereocenters. The molecule has 1 atom stereocenters. The molecule has 236 valence electrons. The molecular formula is C35H37BrClN3O4S. The topological polar surface area (TPSA) is 86.8 Å². The standard InChI is InChI=1S/C35H37BrClN3O4S/c1-25-21-29(37)19-20-31(25)40(45(43,44)30-13-9-6-10-14-30)24-33(41)39(23-27-15-17-28(36)18-16-27)32(34(42)38-35(2,3)4)22-26-11-7-5-8-12-26/h5-21,32H,22-24H2,1-4H3,(H,38,42)/t32-/m1/s1. The number of carbonyl (C=O) groups is 2. The molecule has 0 saturated carbocycles. The molecule has 0 heterocycles. The largest absolute Gasteiger partial charge is 0.350 e. The second-order valence-electron chi connectivity index (χ2n) is 11.8. The molecule has 4 aromatic carbocycles. The van der Waals surface area contributed by atoms with Gasteiger partial charge in [-0.3, -0.25) is 13.9 Å². The third kappa shape index (κ3) is 9.19. The van der Waals surface area contributed by atoms with Crippen molar-refractivity contribution < 1.29 is 18.0 Å². The van der Waals surface area contributed by atoms with E-state index >= 15 is 0 Å². The lowest BCUT2D eigenvalue weighted by Crippen LogP contribution is -2.56. The van der Waals surface area contributed by atoms with Crippen molar-refractivity contribution >= 4 is 55.1 Å². The van der Waals surface area contributed by atoms with Gasteiger partial charge in [0.1, 0.15) is 12.6 Å². The van der Waals surface area contributed by atoms with Crippen molar-refractivity contribution in [2.24, 2.45) is 0 Å². The molecule has 0 spiro atoms. The lowest BCUT2D eigenvalue weighted by molar-refractivity contribution is -0.140. The van der Waals surface area contributed by atoms with E-state index in [2.05, 4.69) is 21.2 Å². The van der Waals surface area contributed by atoms with Crippen LogP contribution in [0.5, 0.6) is 0 Å². The summed E-state index contributed by atoms with van der Waals surface area (Å²) in [5.74, 6) is -0.867. The van der Waals surface area contributed by atoms with Gasteiger partial charge in [-0.2, -0.15) is 0 Å². The molecule has 4 aromatic rings. The quantitative estimate of drug-likeness (QED) is 0.179. The van der Waals surface area contributed by atoms with Crippen LogP contribution in [0, 0.1) is 6.92 Å². The van der Waals surface area contributed by atoms with Crippen LogP contribution in [0.25, 0.3) is 0 Å². The number of halogens is 2. The molecule has 2 amide bonds. The minimum atomic E-state index is -4.19. The molecule has 10 heteroatoms. The van der Waals surface area contributed by atoms with Crippen LogP contribution in [0.3, 0.4) is 0 Å². The van der Waals surface area contributed by atoms with Gasteiger partial charge in [-0.05, 0) is 86.8 Å². The van der Waals surface area contributed by atoms with Gasteiger partial charge in [0.25, 0.3) is 10.0 Å². The maximum Gasteiger partial charge on any atom is 0.264 e. The van der Waals surface area contributed by atoms with E-state index in [0.717, 1.165) is 19.9 Å². The first-order valence-corrected chi connectivity index (χ1v) is 17.1. The van der Waals surface area contributed by atoms with Crippen molar-refractivity contribution in [2.75, 3.05) is 10.8 Å². The van der Waals surface area contributed by atoms with Crippen molar-refractivity contribution in [1.29, 1.82) is 0 Å². The number of hydrogen-bond acceptors (Lipinski definition) is 4. The molecule has 7 nitrogen and oxygen atoms in total. The number of nitrogens with zero attached hydrogens (tertiary/aromatic N) is 2. The normalized spacial score (nSPS) is 12.3. The SMILES string of the molecule is Cc1cc(Cl)ccc1N(CC(=O)N(Cc1ccc(Br)cc1)[C@H](Cc1ccccc1)C(=O)NC(C)(C)C)S(=O)(=O)c1ccccc1. The fourth-order valence-electron chi connectivity index (χ4n) is 4.93. The second kappa shape index (κ2) is 14.6. The monoisotopic (exact) mass is 709 g/mol. The number of sulfonamides is 1. The van der Waals surface area contributed by atoms with Crippen LogP contribution in [0.15, 0.2) is 112 Å².